The summed E-state index contributed by atoms with van der Waals surface area (Å²) in [5.41, 5.74) is 5.26. The van der Waals surface area contributed by atoms with Crippen LogP contribution in [0.1, 0.15) is 5.82 Å². The summed E-state index contributed by atoms with van der Waals surface area (Å²) < 4.78 is 0.875. The Kier molecular flexibility index (Phi) is 4.76. The number of hydrogen-bond acceptors (Lipinski definition) is 3. The minimum absolute atomic E-state index is 0. The van der Waals surface area contributed by atoms with Crippen molar-refractivity contribution in [3.63, 3.8) is 0 Å². The first-order valence-electron chi connectivity index (χ1n) is 2.49. The molecule has 0 aliphatic rings. The van der Waals surface area contributed by atoms with E-state index in [1.807, 2.05) is 0 Å². The molecule has 0 unspecified atom stereocenters. The number of halogens is 2. The molecule has 0 radical (unpaired) electrons. The fourth-order valence-corrected chi connectivity index (χ4v) is 0.649. The molecule has 1 aromatic rings. The number of nitrogens with zero attached hydrogens (tertiary/aromatic N) is 2. The van der Waals surface area contributed by atoms with Crippen LogP contribution in [0.4, 0.5) is 0 Å². The number of hydrogen-bond donors (Lipinski definition) is 1. The summed E-state index contributed by atoms with van der Waals surface area (Å²) in [6, 6.07) is 0. The highest BCUT2D eigenvalue weighted by Gasteiger charge is 1.89. The fourth-order valence-electron chi connectivity index (χ4n) is 0.444. The molecule has 0 saturated carbocycles. The minimum Gasteiger partial charge on any atom is -0.324 e. The van der Waals surface area contributed by atoms with Crippen molar-refractivity contribution in [2.45, 2.75) is 6.54 Å². The van der Waals surface area contributed by atoms with Crippen LogP contribution in [0.15, 0.2) is 16.9 Å². The Balaban J connectivity index is 0.000000810. The maximum absolute atomic E-state index is 5.26. The van der Waals surface area contributed by atoms with Gasteiger partial charge in [-0.05, 0) is 15.9 Å². The van der Waals surface area contributed by atoms with Gasteiger partial charge in [-0.1, -0.05) is 0 Å². The Morgan fingerprint density at radius 3 is 2.30 bits per heavy atom. The van der Waals surface area contributed by atoms with Gasteiger partial charge in [0, 0.05) is 12.4 Å². The minimum atomic E-state index is 0. The van der Waals surface area contributed by atoms with E-state index in [2.05, 4.69) is 25.9 Å². The van der Waals surface area contributed by atoms with Gasteiger partial charge in [0.25, 0.3) is 0 Å². The molecule has 0 aliphatic carbocycles. The zero-order valence-corrected chi connectivity index (χ0v) is 8.42. The van der Waals surface area contributed by atoms with Crippen LogP contribution in [0.5, 0.6) is 0 Å². The maximum atomic E-state index is 5.26. The molecule has 10 heavy (non-hydrogen) atoms. The fraction of sp³-hybridized carbons (Fsp3) is 0.200. The average molecular weight is 269 g/mol. The third-order valence-corrected chi connectivity index (χ3v) is 1.27. The van der Waals surface area contributed by atoms with Crippen LogP contribution in [0.2, 0.25) is 0 Å². The summed E-state index contributed by atoms with van der Waals surface area (Å²) >= 11 is 3.21. The molecule has 0 bridgehead atoms. The van der Waals surface area contributed by atoms with Crippen LogP contribution in [0.3, 0.4) is 0 Å². The van der Waals surface area contributed by atoms with E-state index in [0.29, 0.717) is 12.4 Å². The molecule has 3 nitrogen and oxygen atoms in total. The first-order chi connectivity index (χ1) is 4.33. The lowest BCUT2D eigenvalue weighted by atomic mass is 10.6. The van der Waals surface area contributed by atoms with Gasteiger partial charge in [0.15, 0.2) is 0 Å². The summed E-state index contributed by atoms with van der Waals surface area (Å²) in [5.74, 6) is 0.665. The SMILES string of the molecule is Br.NCc1ncc(Br)cn1. The molecule has 1 rings (SSSR count). The zero-order valence-electron chi connectivity index (χ0n) is 5.12. The van der Waals surface area contributed by atoms with Gasteiger partial charge < -0.3 is 5.73 Å². The molecule has 56 valence electrons. The molecule has 0 saturated heterocycles. The van der Waals surface area contributed by atoms with Crippen LogP contribution in [-0.2, 0) is 6.54 Å². The first-order valence-corrected chi connectivity index (χ1v) is 3.28. The number of aromatic nitrogens is 2. The maximum Gasteiger partial charge on any atom is 0.141 e. The average Bonchev–Trinajstić information content (AvgIpc) is 1.90. The van der Waals surface area contributed by atoms with Crippen molar-refractivity contribution in [3.8, 4) is 0 Å². The van der Waals surface area contributed by atoms with Gasteiger partial charge in [-0.3, -0.25) is 0 Å². The van der Waals surface area contributed by atoms with Crippen LogP contribution < -0.4 is 5.73 Å². The van der Waals surface area contributed by atoms with Crippen molar-refractivity contribution < 1.29 is 0 Å². The van der Waals surface area contributed by atoms with Crippen molar-refractivity contribution in [2.75, 3.05) is 0 Å². The van der Waals surface area contributed by atoms with Gasteiger partial charge in [-0.15, -0.1) is 17.0 Å². The summed E-state index contributed by atoms with van der Waals surface area (Å²) in [7, 11) is 0. The van der Waals surface area contributed by atoms with Gasteiger partial charge >= 0.3 is 0 Å². The standard InChI is InChI=1S/C5H6BrN3.BrH/c6-4-2-8-5(1-7)9-3-4;/h2-3H,1,7H2;1H. The Labute approximate surface area is 78.0 Å². The quantitative estimate of drug-likeness (QED) is 0.835. The van der Waals surface area contributed by atoms with E-state index in [1.165, 1.54) is 0 Å². The Morgan fingerprint density at radius 1 is 1.40 bits per heavy atom. The number of nitrogens with two attached hydrogens (primary N) is 1. The Morgan fingerprint density at radius 2 is 1.90 bits per heavy atom. The molecule has 1 heterocycles. The molecule has 2 N–H and O–H groups in total. The molecule has 5 heteroatoms. The van der Waals surface area contributed by atoms with E-state index in [-0.39, 0.29) is 17.0 Å². The van der Waals surface area contributed by atoms with Crippen molar-refractivity contribution >= 4 is 32.9 Å². The van der Waals surface area contributed by atoms with E-state index in [0.717, 1.165) is 4.47 Å². The Bertz CT molecular complexity index is 187. The van der Waals surface area contributed by atoms with Crippen LogP contribution in [-0.4, -0.2) is 9.97 Å². The molecule has 0 aliphatic heterocycles. The predicted molar refractivity (Wildman–Crippen MR) is 47.9 cm³/mol. The lowest BCUT2D eigenvalue weighted by molar-refractivity contribution is 0.904. The highest BCUT2D eigenvalue weighted by atomic mass is 79.9. The highest BCUT2D eigenvalue weighted by molar-refractivity contribution is 9.10. The van der Waals surface area contributed by atoms with Crippen molar-refractivity contribution in [1.29, 1.82) is 0 Å². The zero-order chi connectivity index (χ0) is 6.69. The van der Waals surface area contributed by atoms with Crippen molar-refractivity contribution in [2.24, 2.45) is 5.73 Å². The second-order valence-electron chi connectivity index (χ2n) is 1.52. The van der Waals surface area contributed by atoms with E-state index in [9.17, 15) is 0 Å². The molecular weight excluding hydrogens is 262 g/mol. The second-order valence-corrected chi connectivity index (χ2v) is 2.44. The topological polar surface area (TPSA) is 51.8 Å². The first kappa shape index (κ1) is 10.0. The molecular formula is C5H7Br2N3. The van der Waals surface area contributed by atoms with Gasteiger partial charge in [0.1, 0.15) is 5.82 Å². The highest BCUT2D eigenvalue weighted by Crippen LogP contribution is 2.03. The van der Waals surface area contributed by atoms with Gasteiger partial charge in [-0.25, -0.2) is 9.97 Å². The summed E-state index contributed by atoms with van der Waals surface area (Å²) in [4.78, 5) is 7.83. The van der Waals surface area contributed by atoms with Gasteiger partial charge in [-0.2, -0.15) is 0 Å². The van der Waals surface area contributed by atoms with E-state index >= 15 is 0 Å². The molecule has 0 fully saturated rings. The lowest BCUT2D eigenvalue weighted by Gasteiger charge is -1.91. The van der Waals surface area contributed by atoms with Crippen molar-refractivity contribution in [3.05, 3.63) is 22.7 Å². The van der Waals surface area contributed by atoms with Crippen LogP contribution in [0, 0.1) is 0 Å². The molecule has 0 atom stereocenters. The lowest BCUT2D eigenvalue weighted by Crippen LogP contribution is -2.01. The summed E-state index contributed by atoms with van der Waals surface area (Å²) in [6.45, 7) is 0.396. The van der Waals surface area contributed by atoms with Crippen LogP contribution in [0.25, 0.3) is 0 Å². The smallest absolute Gasteiger partial charge is 0.141 e. The molecule has 0 amide bonds. The Hall–Kier alpha value is -0.0000000000000000555. The van der Waals surface area contributed by atoms with E-state index in [4.69, 9.17) is 5.73 Å². The molecule has 1 aromatic heterocycles. The van der Waals surface area contributed by atoms with E-state index in [1.54, 1.807) is 12.4 Å². The normalized spacial score (nSPS) is 8.60. The van der Waals surface area contributed by atoms with E-state index < -0.39 is 0 Å². The summed E-state index contributed by atoms with van der Waals surface area (Å²) in [6.07, 6.45) is 3.35. The predicted octanol–water partition coefficient (Wildman–Crippen LogP) is 1.28. The second kappa shape index (κ2) is 4.76. The number of rotatable bonds is 1. The monoisotopic (exact) mass is 267 g/mol. The van der Waals surface area contributed by atoms with Crippen molar-refractivity contribution in [1.82, 2.24) is 9.97 Å². The third-order valence-electron chi connectivity index (χ3n) is 0.856. The van der Waals surface area contributed by atoms with Gasteiger partial charge in [0.05, 0.1) is 11.0 Å². The largest absolute Gasteiger partial charge is 0.324 e. The van der Waals surface area contributed by atoms with Crippen LogP contribution >= 0.6 is 32.9 Å². The molecule has 0 spiro atoms. The third kappa shape index (κ3) is 2.72. The van der Waals surface area contributed by atoms with Gasteiger partial charge in [0.2, 0.25) is 0 Å². The molecule has 0 aromatic carbocycles. The summed E-state index contributed by atoms with van der Waals surface area (Å²) in [5, 5.41) is 0.